The highest BCUT2D eigenvalue weighted by atomic mass is 16.5. The van der Waals surface area contributed by atoms with Gasteiger partial charge in [0.15, 0.2) is 0 Å². The predicted octanol–water partition coefficient (Wildman–Crippen LogP) is 3.80. The fraction of sp³-hybridized carbons (Fsp3) is 0.207. The summed E-state index contributed by atoms with van der Waals surface area (Å²) in [4.78, 5) is 28.8. The molecule has 5 N–H and O–H groups in total. The second-order valence-corrected chi connectivity index (χ2v) is 8.61. The van der Waals surface area contributed by atoms with E-state index in [0.29, 0.717) is 18.0 Å². The second-order valence-electron chi connectivity index (χ2n) is 8.61. The minimum absolute atomic E-state index is 0.00281. The summed E-state index contributed by atoms with van der Waals surface area (Å²) in [5, 5.41) is 30.0. The number of pyridine rings is 1. The van der Waals surface area contributed by atoms with Crippen molar-refractivity contribution in [1.29, 1.82) is 5.26 Å². The molecule has 4 aromatic rings. The van der Waals surface area contributed by atoms with E-state index in [1.165, 1.54) is 11.1 Å². The SMILES string of the molecule is Cc1ncc(-c2cnc3c(c2)NC[C@@H]([C@H](NCCc2ccc(C#N)cc2)c2ccccc2)O3)[nH]1.O=CO.O=CO. The Hall–Kier alpha value is -5.21. The van der Waals surface area contributed by atoms with E-state index in [0.717, 1.165) is 35.7 Å². The zero-order chi connectivity index (χ0) is 28.7. The molecule has 0 saturated carbocycles. The first-order chi connectivity index (χ1) is 19.5. The summed E-state index contributed by atoms with van der Waals surface area (Å²) < 4.78 is 6.38. The van der Waals surface area contributed by atoms with Crippen LogP contribution in [0.2, 0.25) is 0 Å². The Kier molecular flexibility index (Phi) is 11.2. The van der Waals surface area contributed by atoms with Gasteiger partial charge in [-0.1, -0.05) is 42.5 Å². The van der Waals surface area contributed by atoms with Crippen molar-refractivity contribution in [3.63, 3.8) is 0 Å². The highest BCUT2D eigenvalue weighted by Gasteiger charge is 2.29. The van der Waals surface area contributed by atoms with Crippen LogP contribution in [-0.4, -0.2) is 57.3 Å². The number of anilines is 1. The third-order valence-electron chi connectivity index (χ3n) is 6.01. The molecular formula is C29H30N6O5. The first-order valence-electron chi connectivity index (χ1n) is 12.4. The molecule has 2 aromatic carbocycles. The van der Waals surface area contributed by atoms with Crippen molar-refractivity contribution in [2.45, 2.75) is 25.5 Å². The Bertz CT molecular complexity index is 1400. The highest BCUT2D eigenvalue weighted by Crippen LogP contribution is 2.33. The van der Waals surface area contributed by atoms with Gasteiger partial charge in [-0.2, -0.15) is 5.26 Å². The number of hydrogen-bond acceptors (Lipinski definition) is 8. The fourth-order valence-electron chi connectivity index (χ4n) is 4.21. The maximum atomic E-state index is 9.00. The third kappa shape index (κ3) is 8.14. The molecule has 1 aliphatic rings. The van der Waals surface area contributed by atoms with Gasteiger partial charge in [0.25, 0.3) is 12.9 Å². The van der Waals surface area contributed by atoms with E-state index >= 15 is 0 Å². The van der Waals surface area contributed by atoms with Crippen LogP contribution in [0.4, 0.5) is 5.69 Å². The Labute approximate surface area is 231 Å². The molecule has 2 aromatic heterocycles. The number of aromatic amines is 1. The number of aryl methyl sites for hydroxylation is 1. The van der Waals surface area contributed by atoms with E-state index in [2.05, 4.69) is 43.8 Å². The number of aromatic nitrogens is 3. The minimum atomic E-state index is -0.250. The molecule has 1 aliphatic heterocycles. The number of imidazole rings is 1. The topological polar surface area (TPSA) is 173 Å². The van der Waals surface area contributed by atoms with E-state index < -0.39 is 0 Å². The number of H-pyrrole nitrogens is 1. The van der Waals surface area contributed by atoms with Crippen molar-refractivity contribution in [2.75, 3.05) is 18.4 Å². The molecule has 0 amide bonds. The zero-order valence-electron chi connectivity index (χ0n) is 21.8. The lowest BCUT2D eigenvalue weighted by atomic mass is 9.99. The number of nitrogens with zero attached hydrogens (tertiary/aromatic N) is 3. The first-order valence-corrected chi connectivity index (χ1v) is 12.4. The molecule has 0 fully saturated rings. The summed E-state index contributed by atoms with van der Waals surface area (Å²) in [6, 6.07) is 22.3. The van der Waals surface area contributed by atoms with Crippen LogP contribution in [0.25, 0.3) is 11.3 Å². The minimum Gasteiger partial charge on any atom is -0.483 e. The van der Waals surface area contributed by atoms with Gasteiger partial charge in [0.2, 0.25) is 5.88 Å². The van der Waals surface area contributed by atoms with E-state index in [-0.39, 0.29) is 25.1 Å². The number of nitrogens with one attached hydrogen (secondary N) is 3. The van der Waals surface area contributed by atoms with Crippen LogP contribution in [0.5, 0.6) is 5.88 Å². The molecule has 0 bridgehead atoms. The molecule has 206 valence electrons. The van der Waals surface area contributed by atoms with Crippen molar-refractivity contribution < 1.29 is 24.5 Å². The molecule has 11 heteroatoms. The van der Waals surface area contributed by atoms with Crippen LogP contribution in [0.1, 0.15) is 28.6 Å². The van der Waals surface area contributed by atoms with Gasteiger partial charge in [-0.15, -0.1) is 0 Å². The van der Waals surface area contributed by atoms with Gasteiger partial charge in [-0.25, -0.2) is 9.97 Å². The average Bonchev–Trinajstić information content (AvgIpc) is 3.42. The molecule has 11 nitrogen and oxygen atoms in total. The molecule has 2 atom stereocenters. The number of rotatable bonds is 7. The summed E-state index contributed by atoms with van der Waals surface area (Å²) >= 11 is 0. The van der Waals surface area contributed by atoms with Crippen LogP contribution >= 0.6 is 0 Å². The molecule has 0 aliphatic carbocycles. The van der Waals surface area contributed by atoms with Gasteiger partial charge in [-0.3, -0.25) is 9.59 Å². The molecular weight excluding hydrogens is 512 g/mol. The largest absolute Gasteiger partial charge is 0.483 e. The predicted molar refractivity (Wildman–Crippen MR) is 149 cm³/mol. The number of carboxylic acid groups (broad SMARTS) is 2. The van der Waals surface area contributed by atoms with Crippen LogP contribution in [0, 0.1) is 18.3 Å². The van der Waals surface area contributed by atoms with Crippen molar-refractivity contribution in [1.82, 2.24) is 20.3 Å². The fourth-order valence-corrected chi connectivity index (χ4v) is 4.21. The van der Waals surface area contributed by atoms with Gasteiger partial charge < -0.3 is 30.6 Å². The monoisotopic (exact) mass is 542 g/mol. The first kappa shape index (κ1) is 29.3. The normalized spacial score (nSPS) is 13.8. The Morgan fingerprint density at radius 3 is 2.42 bits per heavy atom. The number of benzene rings is 2. The molecule has 0 spiro atoms. The van der Waals surface area contributed by atoms with Crippen molar-refractivity contribution in [3.05, 3.63) is 95.6 Å². The van der Waals surface area contributed by atoms with E-state index in [9.17, 15) is 0 Å². The summed E-state index contributed by atoms with van der Waals surface area (Å²) in [7, 11) is 0. The van der Waals surface area contributed by atoms with Crippen LogP contribution in [-0.2, 0) is 16.0 Å². The van der Waals surface area contributed by atoms with E-state index in [1.54, 1.807) is 0 Å². The Balaban J connectivity index is 0.000000676. The maximum absolute atomic E-state index is 9.00. The van der Waals surface area contributed by atoms with Crippen LogP contribution in [0.3, 0.4) is 0 Å². The van der Waals surface area contributed by atoms with Crippen LogP contribution < -0.4 is 15.4 Å². The number of hydrogen-bond donors (Lipinski definition) is 5. The van der Waals surface area contributed by atoms with Gasteiger partial charge in [0, 0.05) is 11.8 Å². The van der Waals surface area contributed by atoms with E-state index in [4.69, 9.17) is 29.8 Å². The number of carbonyl (C=O) groups is 2. The van der Waals surface area contributed by atoms with Crippen molar-refractivity contribution in [2.24, 2.45) is 0 Å². The number of fused-ring (bicyclic) bond motifs is 1. The maximum Gasteiger partial charge on any atom is 0.290 e. The summed E-state index contributed by atoms with van der Waals surface area (Å²) in [6.07, 6.45) is 4.36. The second kappa shape index (κ2) is 15.3. The molecule has 3 heterocycles. The lowest BCUT2D eigenvalue weighted by Gasteiger charge is -2.33. The summed E-state index contributed by atoms with van der Waals surface area (Å²) in [6.45, 7) is 2.87. The highest BCUT2D eigenvalue weighted by molar-refractivity contribution is 5.67. The Morgan fingerprint density at radius 2 is 1.80 bits per heavy atom. The molecule has 5 rings (SSSR count). The lowest BCUT2D eigenvalue weighted by molar-refractivity contribution is -0.123. The summed E-state index contributed by atoms with van der Waals surface area (Å²) in [5.41, 5.74) is 5.82. The molecule has 0 unspecified atom stereocenters. The van der Waals surface area contributed by atoms with Crippen molar-refractivity contribution in [3.8, 4) is 23.2 Å². The van der Waals surface area contributed by atoms with Gasteiger partial charge in [-0.05, 0) is 49.2 Å². The Morgan fingerprint density at radius 1 is 1.10 bits per heavy atom. The molecule has 0 saturated heterocycles. The standard InChI is InChI=1S/C27H26N6O.2CH2O2/c1-18-30-16-24(33-18)22-13-23-27(32-15-22)34-25(17-31-23)26(21-5-3-2-4-6-21)29-12-11-19-7-9-20(14-28)10-8-19;2*2-1-3/h2-10,13,15-16,25-26,29,31H,11-12,17H2,1H3,(H,30,33);2*1H,(H,2,3)/t25-,26+;;/m0../s1. The zero-order valence-corrected chi connectivity index (χ0v) is 21.8. The number of nitriles is 1. The quantitative estimate of drug-likeness (QED) is 0.216. The molecule has 0 radical (unpaired) electrons. The third-order valence-corrected chi connectivity index (χ3v) is 6.01. The van der Waals surface area contributed by atoms with Crippen molar-refractivity contribution >= 4 is 18.6 Å². The summed E-state index contributed by atoms with van der Waals surface area (Å²) in [5.74, 6) is 1.47. The van der Waals surface area contributed by atoms with Gasteiger partial charge in [0.1, 0.15) is 11.9 Å². The van der Waals surface area contributed by atoms with Gasteiger partial charge >= 0.3 is 0 Å². The van der Waals surface area contributed by atoms with E-state index in [1.807, 2.05) is 67.8 Å². The molecule has 40 heavy (non-hydrogen) atoms. The van der Waals surface area contributed by atoms with Gasteiger partial charge in [0.05, 0.1) is 41.8 Å². The van der Waals surface area contributed by atoms with Crippen LogP contribution in [0.15, 0.2) is 73.1 Å². The lowest BCUT2D eigenvalue weighted by Crippen LogP contribution is -2.43. The smallest absolute Gasteiger partial charge is 0.290 e. The number of ether oxygens (including phenoxy) is 1. The average molecular weight is 543 g/mol.